The fraction of sp³-hybridized carbons (Fsp3) is 0.375. The highest BCUT2D eigenvalue weighted by atomic mass is 35.5. The largest absolute Gasteiger partial charge is 0.574 e. The summed E-state index contributed by atoms with van der Waals surface area (Å²) in [7, 11) is 0. The van der Waals surface area contributed by atoms with Crippen LogP contribution in [0.3, 0.4) is 0 Å². The van der Waals surface area contributed by atoms with Gasteiger partial charge in [-0.25, -0.2) is 8.78 Å². The highest BCUT2D eigenvalue weighted by molar-refractivity contribution is 6.17. The predicted molar refractivity (Wildman–Crippen MR) is 48.3 cm³/mol. The van der Waals surface area contributed by atoms with E-state index >= 15 is 0 Å². The minimum atomic E-state index is -5.11. The Hall–Kier alpha value is -1.31. The maximum absolute atomic E-state index is 12.3. The minimum Gasteiger partial charge on any atom is -0.389 e. The number of hydrogen-bond acceptors (Lipinski definition) is 2. The van der Waals surface area contributed by atoms with Crippen molar-refractivity contribution in [2.24, 2.45) is 0 Å². The van der Waals surface area contributed by atoms with E-state index < -0.39 is 41.2 Å². The summed E-state index contributed by atoms with van der Waals surface area (Å²) in [6, 6.07) is 0.478. The summed E-state index contributed by atoms with van der Waals surface area (Å²) in [6.07, 6.45) is -8.23. The average molecular weight is 278 g/mol. The van der Waals surface area contributed by atoms with Gasteiger partial charge in [-0.15, -0.1) is 24.8 Å². The molecule has 1 aromatic heterocycles. The van der Waals surface area contributed by atoms with Crippen molar-refractivity contribution in [3.63, 3.8) is 0 Å². The number of ether oxygens (including phenoxy) is 1. The van der Waals surface area contributed by atoms with Crippen molar-refractivity contribution in [2.45, 2.75) is 18.7 Å². The molecule has 0 bridgehead atoms. The predicted octanol–water partition coefficient (Wildman–Crippen LogP) is 2.95. The molecule has 0 aliphatic heterocycles. The summed E-state index contributed by atoms with van der Waals surface area (Å²) in [5.41, 5.74) is -2.58. The summed E-state index contributed by atoms with van der Waals surface area (Å²) >= 11 is 5.24. The molecule has 0 saturated heterocycles. The number of hydrogen-bond donors (Lipinski definition) is 1. The number of alkyl halides is 6. The van der Waals surface area contributed by atoms with Crippen molar-refractivity contribution in [1.29, 1.82) is 0 Å². The average Bonchev–Trinajstić information content (AvgIpc) is 2.14. The highest BCUT2D eigenvalue weighted by Crippen LogP contribution is 2.26. The Bertz CT molecular complexity index is 456. The number of aromatic nitrogens is 1. The van der Waals surface area contributed by atoms with Gasteiger partial charge in [-0.1, -0.05) is 0 Å². The zero-order chi connectivity index (χ0) is 13.2. The molecule has 0 aliphatic rings. The Kier molecular flexibility index (Phi) is 3.97. The number of aromatic amines is 1. The molecule has 17 heavy (non-hydrogen) atoms. The van der Waals surface area contributed by atoms with E-state index in [1.165, 1.54) is 0 Å². The molecule has 0 aliphatic carbocycles. The molecule has 1 N–H and O–H groups in total. The van der Waals surface area contributed by atoms with Crippen LogP contribution in [0.15, 0.2) is 10.9 Å². The van der Waals surface area contributed by atoms with Gasteiger partial charge in [-0.3, -0.25) is 4.79 Å². The van der Waals surface area contributed by atoms with Crippen molar-refractivity contribution >= 4 is 11.6 Å². The van der Waals surface area contributed by atoms with E-state index in [0.29, 0.717) is 6.07 Å². The van der Waals surface area contributed by atoms with Crippen molar-refractivity contribution in [3.05, 3.63) is 27.5 Å². The van der Waals surface area contributed by atoms with Crippen LogP contribution in [0.5, 0.6) is 5.88 Å². The Morgan fingerprint density at radius 2 is 2.00 bits per heavy atom. The van der Waals surface area contributed by atoms with E-state index in [-0.39, 0.29) is 0 Å². The van der Waals surface area contributed by atoms with Gasteiger partial charge in [0.25, 0.3) is 6.43 Å². The zero-order valence-corrected chi connectivity index (χ0v) is 8.70. The molecular formula is C8H5ClF5NO2. The third-order valence-corrected chi connectivity index (χ3v) is 1.97. The minimum absolute atomic E-state index is 0.478. The second kappa shape index (κ2) is 4.91. The van der Waals surface area contributed by atoms with Crippen LogP contribution in [0.25, 0.3) is 0 Å². The lowest BCUT2D eigenvalue weighted by Gasteiger charge is -2.12. The topological polar surface area (TPSA) is 42.1 Å². The Morgan fingerprint density at radius 3 is 2.41 bits per heavy atom. The first-order valence-corrected chi connectivity index (χ1v) is 4.64. The summed E-state index contributed by atoms with van der Waals surface area (Å²) in [5.74, 6) is -1.71. The molecule has 0 saturated carbocycles. The summed E-state index contributed by atoms with van der Waals surface area (Å²) < 4.78 is 63.8. The molecule has 9 heteroatoms. The first-order chi connectivity index (χ1) is 7.74. The molecule has 0 amide bonds. The summed E-state index contributed by atoms with van der Waals surface area (Å²) in [4.78, 5) is 12.9. The summed E-state index contributed by atoms with van der Waals surface area (Å²) in [6.45, 7) is 0. The number of halogens is 6. The molecule has 96 valence electrons. The molecule has 0 spiro atoms. The molecular weight excluding hydrogens is 273 g/mol. The zero-order valence-electron chi connectivity index (χ0n) is 7.95. The normalized spacial score (nSPS) is 11.9. The van der Waals surface area contributed by atoms with Crippen molar-refractivity contribution in [1.82, 2.24) is 4.98 Å². The molecule has 0 unspecified atom stereocenters. The maximum Gasteiger partial charge on any atom is 0.574 e. The Balaban J connectivity index is 3.29. The first kappa shape index (κ1) is 13.8. The van der Waals surface area contributed by atoms with E-state index in [1.54, 1.807) is 4.98 Å². The smallest absolute Gasteiger partial charge is 0.389 e. The Morgan fingerprint density at radius 1 is 1.41 bits per heavy atom. The second-order valence-electron chi connectivity index (χ2n) is 2.88. The van der Waals surface area contributed by atoms with Crippen LogP contribution in [0.4, 0.5) is 22.0 Å². The lowest BCUT2D eigenvalue weighted by atomic mass is 10.2. The molecule has 3 nitrogen and oxygen atoms in total. The molecule has 1 rings (SSSR count). The van der Waals surface area contributed by atoms with Crippen LogP contribution < -0.4 is 10.2 Å². The van der Waals surface area contributed by atoms with Crippen molar-refractivity contribution < 1.29 is 26.7 Å². The van der Waals surface area contributed by atoms with Gasteiger partial charge in [-0.2, -0.15) is 0 Å². The second-order valence-corrected chi connectivity index (χ2v) is 3.15. The monoisotopic (exact) mass is 277 g/mol. The fourth-order valence-electron chi connectivity index (χ4n) is 1.03. The molecule has 0 fully saturated rings. The number of nitrogens with one attached hydrogen (secondary N) is 1. The molecule has 1 heterocycles. The fourth-order valence-corrected chi connectivity index (χ4v) is 1.28. The van der Waals surface area contributed by atoms with E-state index in [1.807, 2.05) is 0 Å². The van der Waals surface area contributed by atoms with Crippen LogP contribution in [-0.4, -0.2) is 11.3 Å². The quantitative estimate of drug-likeness (QED) is 0.682. The van der Waals surface area contributed by atoms with Gasteiger partial charge in [0.05, 0.1) is 17.1 Å². The third kappa shape index (κ3) is 3.58. The molecule has 1 aromatic rings. The molecule has 0 atom stereocenters. The summed E-state index contributed by atoms with van der Waals surface area (Å²) in [5, 5.41) is 0. The van der Waals surface area contributed by atoms with Gasteiger partial charge >= 0.3 is 6.36 Å². The van der Waals surface area contributed by atoms with Gasteiger partial charge in [0.2, 0.25) is 5.88 Å². The molecule has 0 aromatic carbocycles. The maximum atomic E-state index is 12.3. The lowest BCUT2D eigenvalue weighted by Crippen LogP contribution is -2.22. The van der Waals surface area contributed by atoms with E-state index in [0.717, 1.165) is 0 Å². The van der Waals surface area contributed by atoms with Gasteiger partial charge in [0.15, 0.2) is 5.43 Å². The van der Waals surface area contributed by atoms with Crippen LogP contribution in [0, 0.1) is 0 Å². The number of H-pyrrole nitrogens is 1. The van der Waals surface area contributed by atoms with Crippen LogP contribution in [0.1, 0.15) is 17.7 Å². The van der Waals surface area contributed by atoms with Gasteiger partial charge in [-0.05, 0) is 0 Å². The molecule has 0 radical (unpaired) electrons. The van der Waals surface area contributed by atoms with Crippen molar-refractivity contribution in [3.8, 4) is 5.88 Å². The van der Waals surface area contributed by atoms with Crippen LogP contribution in [-0.2, 0) is 5.88 Å². The Labute approximate surface area is 96.2 Å². The van der Waals surface area contributed by atoms with Gasteiger partial charge < -0.3 is 9.72 Å². The third-order valence-electron chi connectivity index (χ3n) is 1.70. The lowest BCUT2D eigenvalue weighted by molar-refractivity contribution is -0.276. The van der Waals surface area contributed by atoms with Crippen LogP contribution >= 0.6 is 11.6 Å². The number of pyridine rings is 1. The number of rotatable bonds is 3. The van der Waals surface area contributed by atoms with E-state index in [9.17, 15) is 26.7 Å². The standard InChI is InChI=1S/C8H5ClF5NO2/c9-2-3-5(16)1-4(6(10)11)15-7(3)17-8(12,13)14/h1,6H,2H2,(H,15,16). The van der Waals surface area contributed by atoms with E-state index in [2.05, 4.69) is 4.74 Å². The highest BCUT2D eigenvalue weighted by Gasteiger charge is 2.33. The first-order valence-electron chi connectivity index (χ1n) is 4.10. The van der Waals surface area contributed by atoms with Crippen LogP contribution in [0.2, 0.25) is 0 Å². The van der Waals surface area contributed by atoms with Gasteiger partial charge in [0, 0.05) is 6.07 Å². The van der Waals surface area contributed by atoms with Crippen molar-refractivity contribution in [2.75, 3.05) is 0 Å². The van der Waals surface area contributed by atoms with E-state index in [4.69, 9.17) is 11.6 Å². The van der Waals surface area contributed by atoms with Gasteiger partial charge in [0.1, 0.15) is 0 Å². The SMILES string of the molecule is O=c1cc(C(F)F)[nH]c(OC(F)(F)F)c1CCl.